The SMILES string of the molecule is COc1c(OC(C)=O)c(C=COC(C)=O)cc2ccc(=O)oc12. The van der Waals surface area contributed by atoms with Crippen LogP contribution in [0.5, 0.6) is 11.5 Å². The van der Waals surface area contributed by atoms with Crippen molar-refractivity contribution in [1.29, 1.82) is 0 Å². The van der Waals surface area contributed by atoms with Crippen LogP contribution in [0.3, 0.4) is 0 Å². The lowest BCUT2D eigenvalue weighted by molar-refractivity contribution is -0.135. The molecule has 0 saturated carbocycles. The maximum atomic E-state index is 11.4. The summed E-state index contributed by atoms with van der Waals surface area (Å²) in [5, 5.41) is 0.555. The molecule has 2 rings (SSSR count). The minimum atomic E-state index is -0.580. The number of hydrogen-bond donors (Lipinski definition) is 0. The Morgan fingerprint density at radius 2 is 1.87 bits per heavy atom. The molecule has 0 spiro atoms. The largest absolute Gasteiger partial charge is 0.490 e. The molecule has 23 heavy (non-hydrogen) atoms. The van der Waals surface area contributed by atoms with Crippen molar-refractivity contribution >= 4 is 29.0 Å². The van der Waals surface area contributed by atoms with E-state index in [1.165, 1.54) is 33.1 Å². The van der Waals surface area contributed by atoms with Crippen LogP contribution in [0.25, 0.3) is 17.0 Å². The quantitative estimate of drug-likeness (QED) is 0.369. The van der Waals surface area contributed by atoms with Crippen LogP contribution in [0.4, 0.5) is 0 Å². The van der Waals surface area contributed by atoms with Crippen molar-refractivity contribution in [3.63, 3.8) is 0 Å². The number of ether oxygens (including phenoxy) is 3. The number of rotatable bonds is 4. The molecule has 0 amide bonds. The number of benzene rings is 1. The first-order valence-electron chi connectivity index (χ1n) is 6.59. The predicted octanol–water partition coefficient (Wildman–Crippen LogP) is 2.26. The average molecular weight is 318 g/mol. The third-order valence-electron chi connectivity index (χ3n) is 2.78. The fourth-order valence-corrected chi connectivity index (χ4v) is 1.95. The van der Waals surface area contributed by atoms with E-state index in [9.17, 15) is 14.4 Å². The van der Waals surface area contributed by atoms with Gasteiger partial charge in [-0.15, -0.1) is 0 Å². The van der Waals surface area contributed by atoms with Crippen molar-refractivity contribution in [3.05, 3.63) is 40.4 Å². The standard InChI is InChI=1S/C16H14O7/c1-9(17)21-7-6-12-8-11-4-5-13(19)23-15(11)16(20-3)14(12)22-10(2)18/h4-8H,1-3H3. The lowest BCUT2D eigenvalue weighted by Crippen LogP contribution is -2.06. The van der Waals surface area contributed by atoms with Crippen molar-refractivity contribution in [2.45, 2.75) is 13.8 Å². The molecule has 7 nitrogen and oxygen atoms in total. The lowest BCUT2D eigenvalue weighted by atomic mass is 10.1. The molecule has 0 radical (unpaired) electrons. The van der Waals surface area contributed by atoms with Crippen molar-refractivity contribution in [1.82, 2.24) is 0 Å². The lowest BCUT2D eigenvalue weighted by Gasteiger charge is -2.13. The Labute approximate surface area is 131 Å². The highest BCUT2D eigenvalue weighted by atomic mass is 16.6. The Balaban J connectivity index is 2.70. The van der Waals surface area contributed by atoms with Gasteiger partial charge in [0.2, 0.25) is 5.75 Å². The van der Waals surface area contributed by atoms with Gasteiger partial charge < -0.3 is 18.6 Å². The molecule has 7 heteroatoms. The summed E-state index contributed by atoms with van der Waals surface area (Å²) in [5.74, 6) is -0.916. The van der Waals surface area contributed by atoms with Crippen LogP contribution in [-0.2, 0) is 14.3 Å². The Morgan fingerprint density at radius 1 is 1.13 bits per heavy atom. The maximum Gasteiger partial charge on any atom is 0.336 e. The van der Waals surface area contributed by atoms with Gasteiger partial charge in [0.25, 0.3) is 0 Å². The van der Waals surface area contributed by atoms with E-state index >= 15 is 0 Å². The summed E-state index contributed by atoms with van der Waals surface area (Å²) in [5.41, 5.74) is 0.00770. The van der Waals surface area contributed by atoms with Crippen LogP contribution >= 0.6 is 0 Å². The van der Waals surface area contributed by atoms with E-state index in [-0.39, 0.29) is 17.1 Å². The van der Waals surface area contributed by atoms with Crippen molar-refractivity contribution in [2.75, 3.05) is 7.11 Å². The van der Waals surface area contributed by atoms with Gasteiger partial charge in [0.05, 0.1) is 13.4 Å². The molecule has 2 aromatic rings. The van der Waals surface area contributed by atoms with Crippen LogP contribution < -0.4 is 15.1 Å². The summed E-state index contributed by atoms with van der Waals surface area (Å²) < 4.78 is 20.2. The molecule has 0 aliphatic heterocycles. The van der Waals surface area contributed by atoms with Gasteiger partial charge in [-0.05, 0) is 18.2 Å². The van der Waals surface area contributed by atoms with E-state index in [1.54, 1.807) is 12.1 Å². The molecule has 1 aromatic heterocycles. The molecule has 0 atom stereocenters. The molecular formula is C16H14O7. The third-order valence-corrected chi connectivity index (χ3v) is 2.78. The summed E-state index contributed by atoms with van der Waals surface area (Å²) in [7, 11) is 1.36. The molecule has 0 unspecified atom stereocenters. The van der Waals surface area contributed by atoms with Gasteiger partial charge in [-0.25, -0.2) is 4.79 Å². The first kappa shape index (κ1) is 16.3. The zero-order valence-corrected chi connectivity index (χ0v) is 12.7. The monoisotopic (exact) mass is 318 g/mol. The number of carbonyl (C=O) groups excluding carboxylic acids is 2. The molecule has 0 aliphatic carbocycles. The molecule has 0 fully saturated rings. The van der Waals surface area contributed by atoms with Gasteiger partial charge in [-0.3, -0.25) is 9.59 Å². The van der Waals surface area contributed by atoms with Gasteiger partial charge in [-0.1, -0.05) is 0 Å². The molecule has 0 saturated heterocycles. The summed E-state index contributed by atoms with van der Waals surface area (Å²) in [6.45, 7) is 2.48. The van der Waals surface area contributed by atoms with Gasteiger partial charge in [0.1, 0.15) is 0 Å². The van der Waals surface area contributed by atoms with Crippen LogP contribution in [0.1, 0.15) is 19.4 Å². The van der Waals surface area contributed by atoms with E-state index in [4.69, 9.17) is 18.6 Å². The highest BCUT2D eigenvalue weighted by molar-refractivity contribution is 5.90. The fraction of sp³-hybridized carbons (Fsp3) is 0.188. The number of hydrogen-bond acceptors (Lipinski definition) is 7. The summed E-state index contributed by atoms with van der Waals surface area (Å²) in [4.78, 5) is 33.6. The summed E-state index contributed by atoms with van der Waals surface area (Å²) >= 11 is 0. The number of esters is 2. The van der Waals surface area contributed by atoms with Crippen LogP contribution in [-0.4, -0.2) is 19.0 Å². The number of methoxy groups -OCH3 is 1. The van der Waals surface area contributed by atoms with E-state index in [0.717, 1.165) is 6.26 Å². The second-order valence-electron chi connectivity index (χ2n) is 4.51. The zero-order chi connectivity index (χ0) is 17.0. The smallest absolute Gasteiger partial charge is 0.336 e. The Kier molecular flexibility index (Phi) is 4.80. The van der Waals surface area contributed by atoms with Gasteiger partial charge in [0.15, 0.2) is 11.3 Å². The van der Waals surface area contributed by atoms with Crippen LogP contribution in [0.15, 0.2) is 33.7 Å². The molecule has 0 aliphatic rings. The van der Waals surface area contributed by atoms with Crippen molar-refractivity contribution < 1.29 is 28.2 Å². The Morgan fingerprint density at radius 3 is 2.48 bits per heavy atom. The Hall–Kier alpha value is -3.09. The average Bonchev–Trinajstić information content (AvgIpc) is 2.47. The van der Waals surface area contributed by atoms with Gasteiger partial charge >= 0.3 is 17.6 Å². The first-order chi connectivity index (χ1) is 10.9. The third kappa shape index (κ3) is 3.76. The predicted molar refractivity (Wildman–Crippen MR) is 81.1 cm³/mol. The number of fused-ring (bicyclic) bond motifs is 1. The van der Waals surface area contributed by atoms with Crippen molar-refractivity contribution in [2.24, 2.45) is 0 Å². The fourth-order valence-electron chi connectivity index (χ4n) is 1.95. The van der Waals surface area contributed by atoms with Crippen LogP contribution in [0.2, 0.25) is 0 Å². The zero-order valence-electron chi connectivity index (χ0n) is 12.7. The summed E-state index contributed by atoms with van der Waals surface area (Å²) in [6, 6.07) is 4.41. The topological polar surface area (TPSA) is 92.0 Å². The second kappa shape index (κ2) is 6.78. The Bertz CT molecular complexity index is 845. The molecule has 1 heterocycles. The van der Waals surface area contributed by atoms with Gasteiger partial charge in [0, 0.05) is 30.9 Å². The minimum absolute atomic E-state index is 0.0604. The van der Waals surface area contributed by atoms with E-state index in [0.29, 0.717) is 10.9 Å². The molecule has 120 valence electrons. The molecule has 0 bridgehead atoms. The van der Waals surface area contributed by atoms with Crippen molar-refractivity contribution in [3.8, 4) is 11.5 Å². The second-order valence-corrected chi connectivity index (χ2v) is 4.51. The molecular weight excluding hydrogens is 304 g/mol. The normalized spacial score (nSPS) is 10.7. The van der Waals surface area contributed by atoms with E-state index in [1.807, 2.05) is 0 Å². The van der Waals surface area contributed by atoms with Gasteiger partial charge in [-0.2, -0.15) is 0 Å². The van der Waals surface area contributed by atoms with E-state index in [2.05, 4.69) is 0 Å². The highest BCUT2D eigenvalue weighted by Crippen LogP contribution is 2.39. The molecule has 1 aromatic carbocycles. The maximum absolute atomic E-state index is 11.4. The van der Waals surface area contributed by atoms with E-state index < -0.39 is 17.6 Å². The first-order valence-corrected chi connectivity index (χ1v) is 6.59. The highest BCUT2D eigenvalue weighted by Gasteiger charge is 2.18. The summed E-state index contributed by atoms with van der Waals surface area (Å²) in [6.07, 6.45) is 2.60. The minimum Gasteiger partial charge on any atom is -0.490 e. The molecule has 0 N–H and O–H groups in total. The van der Waals surface area contributed by atoms with Crippen LogP contribution in [0, 0.1) is 0 Å². The number of carbonyl (C=O) groups is 2.